The van der Waals surface area contributed by atoms with Crippen molar-refractivity contribution in [3.8, 4) is 0 Å². The minimum absolute atomic E-state index is 0.179. The minimum Gasteiger partial charge on any atom is -0.459 e. The van der Waals surface area contributed by atoms with Gasteiger partial charge in [0.1, 0.15) is 5.01 Å². The maximum atomic E-state index is 11.9. The monoisotopic (exact) mass is 363 g/mol. The predicted octanol–water partition coefficient (Wildman–Crippen LogP) is 2.23. The fourth-order valence-electron chi connectivity index (χ4n) is 2.15. The van der Waals surface area contributed by atoms with E-state index in [-0.39, 0.29) is 5.91 Å². The summed E-state index contributed by atoms with van der Waals surface area (Å²) in [5, 5.41) is 10.3. The summed E-state index contributed by atoms with van der Waals surface area (Å²) < 4.78 is 5.17. The molecule has 0 bridgehead atoms. The largest absolute Gasteiger partial charge is 0.459 e. The van der Waals surface area contributed by atoms with Crippen LogP contribution in [0.25, 0.3) is 0 Å². The smallest absolute Gasteiger partial charge is 0.287 e. The Morgan fingerprint density at radius 3 is 2.72 bits per heavy atom. The number of rotatable bonds is 8. The van der Waals surface area contributed by atoms with Crippen LogP contribution in [0.1, 0.15) is 39.3 Å². The maximum Gasteiger partial charge on any atom is 0.287 e. The van der Waals surface area contributed by atoms with Gasteiger partial charge in [-0.1, -0.05) is 0 Å². The van der Waals surface area contributed by atoms with E-state index in [1.54, 1.807) is 17.4 Å². The Morgan fingerprint density at radius 1 is 1.28 bits per heavy atom. The molecule has 0 saturated heterocycles. The van der Waals surface area contributed by atoms with Crippen molar-refractivity contribution in [3.63, 3.8) is 0 Å². The van der Waals surface area contributed by atoms with Gasteiger partial charge in [-0.3, -0.25) is 4.79 Å². The van der Waals surface area contributed by atoms with Crippen molar-refractivity contribution < 1.29 is 9.21 Å². The van der Waals surface area contributed by atoms with Crippen LogP contribution in [0.15, 0.2) is 27.9 Å². The first-order valence-electron chi connectivity index (χ1n) is 8.36. The number of thiazole rings is 1. The van der Waals surface area contributed by atoms with Gasteiger partial charge in [-0.05, 0) is 33.3 Å². The molecule has 136 valence electrons. The molecule has 25 heavy (non-hydrogen) atoms. The maximum absolute atomic E-state index is 11.9. The van der Waals surface area contributed by atoms with Crippen LogP contribution in [0.5, 0.6) is 0 Å². The minimum atomic E-state index is -0.179. The highest BCUT2D eigenvalue weighted by molar-refractivity contribution is 7.11. The molecule has 2 heterocycles. The van der Waals surface area contributed by atoms with Gasteiger partial charge in [-0.15, -0.1) is 11.3 Å². The van der Waals surface area contributed by atoms with E-state index in [4.69, 9.17) is 4.42 Å². The van der Waals surface area contributed by atoms with Crippen molar-refractivity contribution in [2.24, 2.45) is 4.99 Å². The van der Waals surface area contributed by atoms with Crippen molar-refractivity contribution in [1.82, 2.24) is 20.9 Å². The molecular weight excluding hydrogens is 338 g/mol. The molecular formula is C17H25N5O2S. The molecule has 8 heteroatoms. The molecule has 2 aromatic heterocycles. The summed E-state index contributed by atoms with van der Waals surface area (Å²) in [4.78, 5) is 21.9. The van der Waals surface area contributed by atoms with Gasteiger partial charge in [0.25, 0.3) is 5.91 Å². The summed E-state index contributed by atoms with van der Waals surface area (Å²) >= 11 is 1.65. The highest BCUT2D eigenvalue weighted by atomic mass is 32.1. The van der Waals surface area contributed by atoms with Gasteiger partial charge in [-0.25, -0.2) is 9.98 Å². The zero-order valence-corrected chi connectivity index (χ0v) is 15.7. The van der Waals surface area contributed by atoms with E-state index in [2.05, 4.69) is 25.9 Å². The SMILES string of the molecule is CCNC(=NCc1ncc(C)s1)NCCCNC(=O)c1occc1C. The van der Waals surface area contributed by atoms with Gasteiger partial charge >= 0.3 is 0 Å². The number of aromatic nitrogens is 1. The van der Waals surface area contributed by atoms with E-state index in [1.165, 1.54) is 11.1 Å². The standard InChI is InChI=1S/C17H25N5O2S/c1-4-18-17(22-11-14-21-10-13(3)25-14)20-8-5-7-19-16(23)15-12(2)6-9-24-15/h6,9-10H,4-5,7-8,11H2,1-3H3,(H,19,23)(H2,18,20,22). The second kappa shape index (κ2) is 9.83. The van der Waals surface area contributed by atoms with E-state index < -0.39 is 0 Å². The summed E-state index contributed by atoms with van der Waals surface area (Å²) in [5.74, 6) is 0.951. The molecule has 0 aliphatic rings. The Labute approximate surface area is 151 Å². The lowest BCUT2D eigenvalue weighted by Crippen LogP contribution is -2.38. The fourth-order valence-corrected chi connectivity index (χ4v) is 2.86. The van der Waals surface area contributed by atoms with Crippen molar-refractivity contribution in [3.05, 3.63) is 39.7 Å². The molecule has 3 N–H and O–H groups in total. The van der Waals surface area contributed by atoms with Crippen LogP contribution in [0, 0.1) is 13.8 Å². The average Bonchev–Trinajstić information content (AvgIpc) is 3.20. The van der Waals surface area contributed by atoms with Crippen LogP contribution in [-0.2, 0) is 6.54 Å². The first kappa shape index (κ1) is 19.0. The zero-order chi connectivity index (χ0) is 18.1. The lowest BCUT2D eigenvalue weighted by atomic mass is 10.2. The number of carbonyl (C=O) groups excluding carboxylic acids is 1. The third-order valence-corrected chi connectivity index (χ3v) is 4.28. The number of hydrogen-bond donors (Lipinski definition) is 3. The van der Waals surface area contributed by atoms with Crippen LogP contribution in [0.4, 0.5) is 0 Å². The molecule has 0 spiro atoms. The first-order chi connectivity index (χ1) is 12.1. The fraction of sp³-hybridized carbons (Fsp3) is 0.471. The molecule has 0 unspecified atom stereocenters. The van der Waals surface area contributed by atoms with E-state index in [9.17, 15) is 4.79 Å². The second-order valence-electron chi connectivity index (χ2n) is 5.53. The lowest BCUT2D eigenvalue weighted by molar-refractivity contribution is 0.0925. The van der Waals surface area contributed by atoms with Gasteiger partial charge < -0.3 is 20.4 Å². The van der Waals surface area contributed by atoms with Gasteiger partial charge in [0.2, 0.25) is 0 Å². The number of furan rings is 1. The van der Waals surface area contributed by atoms with E-state index in [0.717, 1.165) is 29.5 Å². The van der Waals surface area contributed by atoms with Crippen molar-refractivity contribution in [2.75, 3.05) is 19.6 Å². The molecule has 0 aliphatic carbocycles. The third-order valence-electron chi connectivity index (χ3n) is 3.39. The topological polar surface area (TPSA) is 91.5 Å². The summed E-state index contributed by atoms with van der Waals surface area (Å²) in [5.41, 5.74) is 0.842. The number of nitrogens with one attached hydrogen (secondary N) is 3. The molecule has 0 aliphatic heterocycles. The Kier molecular flexibility index (Phi) is 7.46. The first-order valence-corrected chi connectivity index (χ1v) is 9.17. The average molecular weight is 363 g/mol. The Bertz CT molecular complexity index is 707. The molecule has 7 nitrogen and oxygen atoms in total. The summed E-state index contributed by atoms with van der Waals surface area (Å²) in [7, 11) is 0. The van der Waals surface area contributed by atoms with Crippen LogP contribution >= 0.6 is 11.3 Å². The molecule has 0 fully saturated rings. The Balaban J connectivity index is 1.70. The van der Waals surface area contributed by atoms with E-state index >= 15 is 0 Å². The van der Waals surface area contributed by atoms with Gasteiger partial charge in [0, 0.05) is 36.3 Å². The molecule has 0 radical (unpaired) electrons. The van der Waals surface area contributed by atoms with Crippen molar-refractivity contribution in [1.29, 1.82) is 0 Å². The van der Waals surface area contributed by atoms with Crippen LogP contribution in [-0.4, -0.2) is 36.5 Å². The molecule has 0 atom stereocenters. The molecule has 0 aromatic carbocycles. The molecule has 0 saturated carbocycles. The lowest BCUT2D eigenvalue weighted by Gasteiger charge is -2.11. The van der Waals surface area contributed by atoms with Crippen LogP contribution in [0.2, 0.25) is 0 Å². The quantitative estimate of drug-likeness (QED) is 0.380. The number of amides is 1. The summed E-state index contributed by atoms with van der Waals surface area (Å²) in [6.45, 7) is 8.53. The number of nitrogens with zero attached hydrogens (tertiary/aromatic N) is 2. The molecule has 2 rings (SSSR count). The van der Waals surface area contributed by atoms with Crippen molar-refractivity contribution in [2.45, 2.75) is 33.7 Å². The second-order valence-corrected chi connectivity index (χ2v) is 6.85. The highest BCUT2D eigenvalue weighted by Gasteiger charge is 2.11. The third kappa shape index (κ3) is 6.22. The van der Waals surface area contributed by atoms with E-state index in [1.807, 2.05) is 27.0 Å². The van der Waals surface area contributed by atoms with Gasteiger partial charge in [0.05, 0.1) is 12.8 Å². The van der Waals surface area contributed by atoms with Gasteiger partial charge in [-0.2, -0.15) is 0 Å². The molecule has 1 amide bonds. The normalized spacial score (nSPS) is 11.4. The van der Waals surface area contributed by atoms with Crippen LogP contribution in [0.3, 0.4) is 0 Å². The van der Waals surface area contributed by atoms with E-state index in [0.29, 0.717) is 25.4 Å². The zero-order valence-electron chi connectivity index (χ0n) is 14.9. The Hall–Kier alpha value is -2.35. The number of aliphatic imine (C=N–C) groups is 1. The number of guanidine groups is 1. The highest BCUT2D eigenvalue weighted by Crippen LogP contribution is 2.11. The summed E-state index contributed by atoms with van der Waals surface area (Å²) in [6.07, 6.45) is 4.17. The number of hydrogen-bond acceptors (Lipinski definition) is 5. The predicted molar refractivity (Wildman–Crippen MR) is 100 cm³/mol. The number of carbonyl (C=O) groups is 1. The van der Waals surface area contributed by atoms with Gasteiger partial charge in [0.15, 0.2) is 11.7 Å². The molecule has 2 aromatic rings. The van der Waals surface area contributed by atoms with Crippen molar-refractivity contribution >= 4 is 23.2 Å². The number of aryl methyl sites for hydroxylation is 2. The summed E-state index contributed by atoms with van der Waals surface area (Å²) in [6, 6.07) is 1.78. The Morgan fingerprint density at radius 2 is 2.08 bits per heavy atom. The van der Waals surface area contributed by atoms with Crippen LogP contribution < -0.4 is 16.0 Å².